The number of hydrogen-bond acceptors (Lipinski definition) is 3. The van der Waals surface area contributed by atoms with Gasteiger partial charge in [-0.1, -0.05) is 13.8 Å². The zero-order valence-electron chi connectivity index (χ0n) is 14.5. The van der Waals surface area contributed by atoms with E-state index in [0.29, 0.717) is 42.0 Å². The number of rotatable bonds is 7. The van der Waals surface area contributed by atoms with Crippen molar-refractivity contribution >= 4 is 11.2 Å². The second-order valence-corrected chi connectivity index (χ2v) is 7.41. The molecule has 0 aromatic carbocycles. The molecule has 0 radical (unpaired) electrons. The molecule has 0 spiro atoms. The Morgan fingerprint density at radius 2 is 1.62 bits per heavy atom. The molecule has 2 fully saturated rings. The highest BCUT2D eigenvalue weighted by Crippen LogP contribution is 2.53. The summed E-state index contributed by atoms with van der Waals surface area (Å²) in [6.07, 6.45) is 6.66. The molecule has 2 heterocycles. The van der Waals surface area contributed by atoms with Gasteiger partial charge in [0.2, 0.25) is 0 Å². The molecule has 6 heteroatoms. The Balaban J connectivity index is 1.90. The highest BCUT2D eigenvalue weighted by Gasteiger charge is 2.44. The molecule has 0 unspecified atom stereocenters. The van der Waals surface area contributed by atoms with E-state index >= 15 is 0 Å². The van der Waals surface area contributed by atoms with E-state index in [2.05, 4.69) is 4.98 Å². The minimum atomic E-state index is -0.219. The number of nitrogens with zero attached hydrogens (tertiary/aromatic N) is 3. The number of aromatic amines is 1. The summed E-state index contributed by atoms with van der Waals surface area (Å²) in [5.41, 5.74) is 0.634. The lowest BCUT2D eigenvalue weighted by molar-refractivity contribution is 0.513. The van der Waals surface area contributed by atoms with Gasteiger partial charge in [0.05, 0.1) is 0 Å². The first-order valence-corrected chi connectivity index (χ1v) is 9.38. The van der Waals surface area contributed by atoms with Gasteiger partial charge in [-0.25, -0.2) is 9.78 Å². The second-order valence-electron chi connectivity index (χ2n) is 7.41. The van der Waals surface area contributed by atoms with Crippen molar-refractivity contribution in [2.24, 2.45) is 11.8 Å². The van der Waals surface area contributed by atoms with Crippen molar-refractivity contribution in [2.75, 3.05) is 0 Å². The summed E-state index contributed by atoms with van der Waals surface area (Å²) < 4.78 is 3.05. The molecule has 0 aliphatic heterocycles. The van der Waals surface area contributed by atoms with Crippen molar-refractivity contribution in [3.05, 3.63) is 26.7 Å². The van der Waals surface area contributed by atoms with Gasteiger partial charge in [0.1, 0.15) is 11.3 Å². The molecule has 6 nitrogen and oxygen atoms in total. The summed E-state index contributed by atoms with van der Waals surface area (Å²) >= 11 is 0. The van der Waals surface area contributed by atoms with E-state index in [9.17, 15) is 9.59 Å². The first-order chi connectivity index (χ1) is 11.7. The Kier molecular flexibility index (Phi) is 3.85. The summed E-state index contributed by atoms with van der Waals surface area (Å²) in [6, 6.07) is 0. The van der Waals surface area contributed by atoms with Crippen LogP contribution in [0.5, 0.6) is 0 Å². The van der Waals surface area contributed by atoms with Gasteiger partial charge in [-0.3, -0.25) is 13.9 Å². The standard InChI is InChI=1S/C18H26N4O2/c1-3-9-21-16-14(17(23)22(10-4-2)18(21)24)19-15(20-16)13(11-5-6-11)12-7-8-12/h11-13H,3-10H2,1-2H3,(H,19,20). The Hall–Kier alpha value is -1.85. The van der Waals surface area contributed by atoms with Gasteiger partial charge < -0.3 is 4.98 Å². The first kappa shape index (κ1) is 15.7. The lowest BCUT2D eigenvalue weighted by Gasteiger charge is -2.11. The second kappa shape index (κ2) is 5.90. The summed E-state index contributed by atoms with van der Waals surface area (Å²) in [5, 5.41) is 0. The van der Waals surface area contributed by atoms with Gasteiger partial charge in [-0.05, 0) is 50.4 Å². The molecule has 0 amide bonds. The van der Waals surface area contributed by atoms with Crippen LogP contribution < -0.4 is 11.2 Å². The maximum absolute atomic E-state index is 12.8. The number of H-pyrrole nitrogens is 1. The van der Waals surface area contributed by atoms with E-state index in [1.165, 1.54) is 30.3 Å². The molecule has 1 N–H and O–H groups in total. The van der Waals surface area contributed by atoms with E-state index in [-0.39, 0.29) is 11.2 Å². The quantitative estimate of drug-likeness (QED) is 0.848. The fourth-order valence-electron chi connectivity index (χ4n) is 3.93. The van der Waals surface area contributed by atoms with Crippen LogP contribution in [0.25, 0.3) is 11.2 Å². The molecular formula is C18H26N4O2. The van der Waals surface area contributed by atoms with E-state index in [1.807, 2.05) is 13.8 Å². The summed E-state index contributed by atoms with van der Waals surface area (Å²) in [4.78, 5) is 33.6. The molecule has 2 aliphatic carbocycles. The normalized spacial score (nSPS) is 18.0. The smallest absolute Gasteiger partial charge is 0.332 e. The minimum absolute atomic E-state index is 0.215. The fraction of sp³-hybridized carbons (Fsp3) is 0.722. The average molecular weight is 330 g/mol. The number of aryl methyl sites for hydroxylation is 1. The highest BCUT2D eigenvalue weighted by atomic mass is 16.2. The van der Waals surface area contributed by atoms with Crippen molar-refractivity contribution in [3.63, 3.8) is 0 Å². The number of imidazole rings is 1. The number of hydrogen-bond donors (Lipinski definition) is 1. The molecule has 24 heavy (non-hydrogen) atoms. The predicted molar refractivity (Wildman–Crippen MR) is 93.4 cm³/mol. The Bertz CT molecular complexity index is 855. The average Bonchev–Trinajstić information content (AvgIpc) is 3.48. The maximum atomic E-state index is 12.8. The largest absolute Gasteiger partial charge is 0.336 e. The summed E-state index contributed by atoms with van der Waals surface area (Å²) in [7, 11) is 0. The van der Waals surface area contributed by atoms with Crippen molar-refractivity contribution in [2.45, 2.75) is 71.4 Å². The third-order valence-corrected chi connectivity index (χ3v) is 5.35. The Morgan fingerprint density at radius 3 is 2.17 bits per heavy atom. The molecule has 0 atom stereocenters. The third-order valence-electron chi connectivity index (χ3n) is 5.35. The van der Waals surface area contributed by atoms with Gasteiger partial charge in [0.25, 0.3) is 5.56 Å². The molecule has 0 bridgehead atoms. The van der Waals surface area contributed by atoms with Crippen LogP contribution in [0.4, 0.5) is 0 Å². The zero-order valence-corrected chi connectivity index (χ0v) is 14.5. The molecule has 4 rings (SSSR count). The van der Waals surface area contributed by atoms with Crippen LogP contribution in [0.1, 0.15) is 64.1 Å². The number of nitrogens with one attached hydrogen (secondary N) is 1. The Labute approximate surface area is 140 Å². The van der Waals surface area contributed by atoms with Gasteiger partial charge >= 0.3 is 5.69 Å². The SMILES string of the molecule is CCCn1c(=O)c2[nH]c(C(C3CC3)C3CC3)nc2n(CCC)c1=O. The van der Waals surface area contributed by atoms with Crippen molar-refractivity contribution in [3.8, 4) is 0 Å². The van der Waals surface area contributed by atoms with Crippen molar-refractivity contribution in [1.29, 1.82) is 0 Å². The van der Waals surface area contributed by atoms with Crippen LogP contribution in [-0.2, 0) is 13.1 Å². The minimum Gasteiger partial charge on any atom is -0.336 e. The molecule has 2 saturated carbocycles. The first-order valence-electron chi connectivity index (χ1n) is 9.38. The van der Waals surface area contributed by atoms with E-state index in [4.69, 9.17) is 4.98 Å². The van der Waals surface area contributed by atoms with Crippen LogP contribution >= 0.6 is 0 Å². The maximum Gasteiger partial charge on any atom is 0.332 e. The van der Waals surface area contributed by atoms with Crippen LogP contribution in [0, 0.1) is 11.8 Å². The zero-order chi connectivity index (χ0) is 16.8. The topological polar surface area (TPSA) is 72.7 Å². The van der Waals surface area contributed by atoms with E-state index in [1.54, 1.807) is 4.57 Å². The lowest BCUT2D eigenvalue weighted by Crippen LogP contribution is -2.40. The summed E-state index contributed by atoms with van der Waals surface area (Å²) in [5.74, 6) is 2.80. The van der Waals surface area contributed by atoms with Gasteiger partial charge in [-0.2, -0.15) is 0 Å². The molecule has 130 valence electrons. The van der Waals surface area contributed by atoms with Crippen molar-refractivity contribution in [1.82, 2.24) is 19.1 Å². The van der Waals surface area contributed by atoms with Crippen molar-refractivity contribution < 1.29 is 0 Å². The van der Waals surface area contributed by atoms with Crippen LogP contribution in [0.15, 0.2) is 9.59 Å². The monoisotopic (exact) mass is 330 g/mol. The molecule has 2 aromatic rings. The van der Waals surface area contributed by atoms with E-state index < -0.39 is 0 Å². The Morgan fingerprint density at radius 1 is 1.04 bits per heavy atom. The summed E-state index contributed by atoms with van der Waals surface area (Å²) in [6.45, 7) is 5.08. The van der Waals surface area contributed by atoms with Gasteiger partial charge in [-0.15, -0.1) is 0 Å². The van der Waals surface area contributed by atoms with E-state index in [0.717, 1.165) is 18.7 Å². The van der Waals surface area contributed by atoms with Gasteiger partial charge in [0, 0.05) is 19.0 Å². The third kappa shape index (κ3) is 2.52. The van der Waals surface area contributed by atoms with Crippen LogP contribution in [-0.4, -0.2) is 19.1 Å². The fourth-order valence-corrected chi connectivity index (χ4v) is 3.93. The molecule has 0 saturated heterocycles. The van der Waals surface area contributed by atoms with Gasteiger partial charge in [0.15, 0.2) is 5.65 Å². The molecular weight excluding hydrogens is 304 g/mol. The lowest BCUT2D eigenvalue weighted by atomic mass is 9.97. The molecule has 2 aliphatic rings. The predicted octanol–water partition coefficient (Wildman–Crippen LogP) is 2.61. The number of fused-ring (bicyclic) bond motifs is 1. The van der Waals surface area contributed by atoms with Crippen LogP contribution in [0.2, 0.25) is 0 Å². The van der Waals surface area contributed by atoms with Crippen LogP contribution in [0.3, 0.4) is 0 Å². The number of aromatic nitrogens is 4. The molecule has 2 aromatic heterocycles. The highest BCUT2D eigenvalue weighted by molar-refractivity contribution is 5.70.